The quantitative estimate of drug-likeness (QED) is 0.621. The highest BCUT2D eigenvalue weighted by molar-refractivity contribution is 7.89. The van der Waals surface area contributed by atoms with Crippen LogP contribution >= 0.6 is 0 Å². The van der Waals surface area contributed by atoms with Crippen LogP contribution in [0.3, 0.4) is 0 Å². The third kappa shape index (κ3) is 4.61. The van der Waals surface area contributed by atoms with E-state index in [4.69, 9.17) is 5.73 Å². The summed E-state index contributed by atoms with van der Waals surface area (Å²) in [5.74, 6) is -0.153. The van der Waals surface area contributed by atoms with Gasteiger partial charge in [-0.1, -0.05) is 6.92 Å². The van der Waals surface area contributed by atoms with E-state index in [1.807, 2.05) is 6.92 Å². The average Bonchev–Trinajstić information content (AvgIpc) is 2.38. The van der Waals surface area contributed by atoms with Gasteiger partial charge in [0, 0.05) is 20.1 Å². The average molecular weight is 314 g/mol. The van der Waals surface area contributed by atoms with Gasteiger partial charge in [-0.05, 0) is 25.1 Å². The molecule has 0 aromatic heterocycles. The van der Waals surface area contributed by atoms with Gasteiger partial charge in [-0.15, -0.1) is 0 Å². The number of rotatable bonds is 7. The van der Waals surface area contributed by atoms with Crippen LogP contribution in [0.4, 0.5) is 11.4 Å². The number of carbonyl (C=O) groups excluding carboxylic acids is 1. The maximum absolute atomic E-state index is 12.0. The van der Waals surface area contributed by atoms with Gasteiger partial charge in [0.05, 0.1) is 22.8 Å². The molecule has 0 bridgehead atoms. The maximum atomic E-state index is 12.0. The molecule has 1 aromatic rings. The van der Waals surface area contributed by atoms with Crippen molar-refractivity contribution in [3.63, 3.8) is 0 Å². The lowest BCUT2D eigenvalue weighted by molar-refractivity contribution is -0.119. The van der Waals surface area contributed by atoms with E-state index in [1.54, 1.807) is 18.9 Å². The first-order valence-electron chi connectivity index (χ1n) is 6.68. The van der Waals surface area contributed by atoms with Crippen LogP contribution in [0.25, 0.3) is 0 Å². The van der Waals surface area contributed by atoms with E-state index >= 15 is 0 Å². The SMILES string of the molecule is CCNC(=O)CN(C)c1cc(S(=O)(=O)NCC)ccc1N. The molecule has 1 aromatic carbocycles. The molecule has 1 rings (SSSR count). The number of likely N-dealkylation sites (N-methyl/N-ethyl adjacent to an activating group) is 2. The van der Waals surface area contributed by atoms with Gasteiger partial charge in [0.2, 0.25) is 15.9 Å². The third-order valence-corrected chi connectivity index (χ3v) is 4.36. The fourth-order valence-corrected chi connectivity index (χ4v) is 2.91. The molecule has 8 heteroatoms. The van der Waals surface area contributed by atoms with Crippen molar-refractivity contribution in [2.24, 2.45) is 0 Å². The van der Waals surface area contributed by atoms with Crippen LogP contribution in [-0.4, -0.2) is 41.0 Å². The van der Waals surface area contributed by atoms with Gasteiger partial charge < -0.3 is 16.0 Å². The minimum absolute atomic E-state index is 0.0999. The maximum Gasteiger partial charge on any atom is 0.240 e. The highest BCUT2D eigenvalue weighted by atomic mass is 32.2. The Hall–Kier alpha value is -1.80. The number of anilines is 2. The summed E-state index contributed by atoms with van der Waals surface area (Å²) < 4.78 is 26.4. The Morgan fingerprint density at radius 2 is 1.95 bits per heavy atom. The first-order chi connectivity index (χ1) is 9.81. The summed E-state index contributed by atoms with van der Waals surface area (Å²) in [6.45, 7) is 4.48. The fraction of sp³-hybridized carbons (Fsp3) is 0.462. The molecule has 4 N–H and O–H groups in total. The zero-order chi connectivity index (χ0) is 16.0. The van der Waals surface area contributed by atoms with Crippen molar-refractivity contribution in [3.05, 3.63) is 18.2 Å². The lowest BCUT2D eigenvalue weighted by atomic mass is 10.2. The smallest absolute Gasteiger partial charge is 0.240 e. The summed E-state index contributed by atoms with van der Waals surface area (Å²) in [7, 11) is -1.87. The minimum Gasteiger partial charge on any atom is -0.397 e. The van der Waals surface area contributed by atoms with Gasteiger partial charge in [-0.3, -0.25) is 4.79 Å². The number of hydrogen-bond acceptors (Lipinski definition) is 5. The number of sulfonamides is 1. The van der Waals surface area contributed by atoms with Crippen LogP contribution < -0.4 is 20.7 Å². The Bertz CT molecular complexity index is 601. The van der Waals surface area contributed by atoms with E-state index < -0.39 is 10.0 Å². The number of carbonyl (C=O) groups is 1. The van der Waals surface area contributed by atoms with Crippen LogP contribution in [0, 0.1) is 0 Å². The van der Waals surface area contributed by atoms with E-state index in [0.29, 0.717) is 24.5 Å². The zero-order valence-corrected chi connectivity index (χ0v) is 13.3. The first kappa shape index (κ1) is 17.3. The largest absolute Gasteiger partial charge is 0.397 e. The first-order valence-corrected chi connectivity index (χ1v) is 8.17. The number of nitrogens with zero attached hydrogens (tertiary/aromatic N) is 1. The summed E-state index contributed by atoms with van der Waals surface area (Å²) in [4.78, 5) is 13.3. The number of hydrogen-bond donors (Lipinski definition) is 3. The van der Waals surface area contributed by atoms with Gasteiger partial charge >= 0.3 is 0 Å². The van der Waals surface area contributed by atoms with Crippen molar-refractivity contribution in [1.29, 1.82) is 0 Å². The predicted octanol–water partition coefficient (Wildman–Crippen LogP) is 0.139. The van der Waals surface area contributed by atoms with Gasteiger partial charge in [0.25, 0.3) is 0 Å². The van der Waals surface area contributed by atoms with Crippen molar-refractivity contribution in [2.45, 2.75) is 18.7 Å². The van der Waals surface area contributed by atoms with Crippen molar-refractivity contribution < 1.29 is 13.2 Å². The van der Waals surface area contributed by atoms with Crippen LogP contribution in [-0.2, 0) is 14.8 Å². The Kier molecular flexibility index (Phi) is 5.98. The standard InChI is InChI=1S/C13H22N4O3S/c1-4-15-13(18)9-17(3)12-8-10(6-7-11(12)14)21(19,20)16-5-2/h6-8,16H,4-5,9,14H2,1-3H3,(H,15,18). The minimum atomic E-state index is -3.55. The van der Waals surface area contributed by atoms with E-state index in [-0.39, 0.29) is 17.3 Å². The van der Waals surface area contributed by atoms with Crippen molar-refractivity contribution in [2.75, 3.05) is 37.3 Å². The molecule has 0 aliphatic carbocycles. The van der Waals surface area contributed by atoms with Gasteiger partial charge in [0.15, 0.2) is 0 Å². The van der Waals surface area contributed by atoms with Gasteiger partial charge in [0.1, 0.15) is 0 Å². The molecule has 0 fully saturated rings. The van der Waals surface area contributed by atoms with Gasteiger partial charge in [-0.25, -0.2) is 13.1 Å². The summed E-state index contributed by atoms with van der Waals surface area (Å²) in [6, 6.07) is 4.43. The fourth-order valence-electron chi connectivity index (χ4n) is 1.85. The van der Waals surface area contributed by atoms with E-state index in [1.165, 1.54) is 18.2 Å². The monoisotopic (exact) mass is 314 g/mol. The molecule has 0 atom stereocenters. The summed E-state index contributed by atoms with van der Waals surface area (Å²) in [6.07, 6.45) is 0. The Labute approximate surface area is 125 Å². The molecule has 0 heterocycles. The normalized spacial score (nSPS) is 11.2. The lowest BCUT2D eigenvalue weighted by Crippen LogP contribution is -2.35. The number of amides is 1. The molecule has 0 aliphatic rings. The molecule has 0 saturated carbocycles. The number of nitrogens with one attached hydrogen (secondary N) is 2. The summed E-state index contributed by atoms with van der Waals surface area (Å²) in [5, 5.41) is 2.68. The molecular weight excluding hydrogens is 292 g/mol. The second-order valence-corrected chi connectivity index (χ2v) is 6.30. The molecule has 0 saturated heterocycles. The molecule has 0 unspecified atom stereocenters. The second-order valence-electron chi connectivity index (χ2n) is 4.53. The Balaban J connectivity index is 3.05. The third-order valence-electron chi connectivity index (χ3n) is 2.81. The number of nitrogens with two attached hydrogens (primary N) is 1. The van der Waals surface area contributed by atoms with Gasteiger partial charge in [-0.2, -0.15) is 0 Å². The topological polar surface area (TPSA) is 105 Å². The van der Waals surface area contributed by atoms with Crippen LogP contribution in [0.15, 0.2) is 23.1 Å². The van der Waals surface area contributed by atoms with E-state index in [0.717, 1.165) is 0 Å². The van der Waals surface area contributed by atoms with Crippen LogP contribution in [0.5, 0.6) is 0 Å². The predicted molar refractivity (Wildman–Crippen MR) is 83.7 cm³/mol. The second kappa shape index (κ2) is 7.28. The molecule has 0 radical (unpaired) electrons. The zero-order valence-electron chi connectivity index (χ0n) is 12.5. The Morgan fingerprint density at radius 3 is 2.52 bits per heavy atom. The number of benzene rings is 1. The van der Waals surface area contributed by atoms with E-state index in [9.17, 15) is 13.2 Å². The molecule has 118 valence electrons. The van der Waals surface area contributed by atoms with Crippen molar-refractivity contribution in [3.8, 4) is 0 Å². The molecule has 7 nitrogen and oxygen atoms in total. The Morgan fingerprint density at radius 1 is 1.29 bits per heavy atom. The van der Waals surface area contributed by atoms with Crippen LogP contribution in [0.2, 0.25) is 0 Å². The molecule has 21 heavy (non-hydrogen) atoms. The number of nitrogen functional groups attached to an aromatic ring is 1. The lowest BCUT2D eigenvalue weighted by Gasteiger charge is -2.21. The van der Waals surface area contributed by atoms with Crippen molar-refractivity contribution >= 4 is 27.3 Å². The van der Waals surface area contributed by atoms with E-state index in [2.05, 4.69) is 10.0 Å². The van der Waals surface area contributed by atoms with Crippen molar-refractivity contribution in [1.82, 2.24) is 10.0 Å². The molecule has 0 spiro atoms. The molecular formula is C13H22N4O3S. The highest BCUT2D eigenvalue weighted by Gasteiger charge is 2.17. The van der Waals surface area contributed by atoms with Crippen LogP contribution in [0.1, 0.15) is 13.8 Å². The summed E-state index contributed by atoms with van der Waals surface area (Å²) >= 11 is 0. The summed E-state index contributed by atoms with van der Waals surface area (Å²) in [5.41, 5.74) is 6.78. The molecule has 1 amide bonds. The molecule has 0 aliphatic heterocycles. The highest BCUT2D eigenvalue weighted by Crippen LogP contribution is 2.25.